The van der Waals surface area contributed by atoms with Crippen LogP contribution in [0.1, 0.15) is 140 Å². The maximum Gasteiger partial charge on any atom is 0.131 e. The van der Waals surface area contributed by atoms with Gasteiger partial charge in [0.15, 0.2) is 0 Å². The van der Waals surface area contributed by atoms with Crippen LogP contribution in [0.25, 0.3) is 0 Å². The fourth-order valence-electron chi connectivity index (χ4n) is 5.71. The average Bonchev–Trinajstić information content (AvgIpc) is 2.75. The summed E-state index contributed by atoms with van der Waals surface area (Å²) in [5.41, 5.74) is 1.40. The molecule has 3 rings (SSSR count). The Balaban J connectivity index is 1.39. The molecule has 2 nitrogen and oxygen atoms in total. The van der Waals surface area contributed by atoms with E-state index in [0.717, 1.165) is 17.7 Å². The third kappa shape index (κ3) is 6.56. The minimum absolute atomic E-state index is 0.616. The molecule has 2 saturated carbocycles. The van der Waals surface area contributed by atoms with E-state index in [4.69, 9.17) is 9.97 Å². The van der Waals surface area contributed by atoms with Crippen molar-refractivity contribution in [3.05, 3.63) is 23.8 Å². The predicted octanol–water partition coefficient (Wildman–Crippen LogP) is 8.18. The van der Waals surface area contributed by atoms with E-state index in [1.807, 2.05) is 0 Å². The maximum absolute atomic E-state index is 4.84. The minimum atomic E-state index is 0.616. The van der Waals surface area contributed by atoms with Crippen molar-refractivity contribution in [1.82, 2.24) is 9.97 Å². The number of hydrogen-bond donors (Lipinski definition) is 0. The van der Waals surface area contributed by atoms with E-state index in [2.05, 4.69) is 26.2 Å². The summed E-state index contributed by atoms with van der Waals surface area (Å²) in [7, 11) is 0. The number of nitrogens with zero attached hydrogens (tertiary/aromatic N) is 2. The normalized spacial score (nSPS) is 28.4. The van der Waals surface area contributed by atoms with Gasteiger partial charge >= 0.3 is 0 Å². The largest absolute Gasteiger partial charge is 0.241 e. The van der Waals surface area contributed by atoms with E-state index in [0.29, 0.717) is 11.8 Å². The van der Waals surface area contributed by atoms with Gasteiger partial charge in [-0.15, -0.1) is 0 Å². The SMILES string of the molecule is CCCCCCC[C@H]1CC[C@H](c2ncc([C@H]3CC[C@H](CCC)CC3)cn2)CC1. The summed E-state index contributed by atoms with van der Waals surface area (Å²) in [5.74, 6) is 4.40. The quantitative estimate of drug-likeness (QED) is 0.380. The van der Waals surface area contributed by atoms with Gasteiger partial charge in [0.05, 0.1) is 0 Å². The lowest BCUT2D eigenvalue weighted by Gasteiger charge is -2.29. The molecule has 28 heavy (non-hydrogen) atoms. The zero-order chi connectivity index (χ0) is 19.6. The van der Waals surface area contributed by atoms with Crippen molar-refractivity contribution in [3.63, 3.8) is 0 Å². The number of hydrogen-bond acceptors (Lipinski definition) is 2. The molecule has 158 valence electrons. The van der Waals surface area contributed by atoms with Gasteiger partial charge < -0.3 is 0 Å². The molecule has 2 heteroatoms. The summed E-state index contributed by atoms with van der Waals surface area (Å²) in [6.45, 7) is 4.62. The van der Waals surface area contributed by atoms with E-state index < -0.39 is 0 Å². The van der Waals surface area contributed by atoms with Crippen molar-refractivity contribution in [2.45, 2.75) is 128 Å². The van der Waals surface area contributed by atoms with Gasteiger partial charge in [-0.05, 0) is 74.7 Å². The topological polar surface area (TPSA) is 25.8 Å². The van der Waals surface area contributed by atoms with Gasteiger partial charge in [0.2, 0.25) is 0 Å². The fraction of sp³-hybridized carbons (Fsp3) is 0.846. The van der Waals surface area contributed by atoms with E-state index >= 15 is 0 Å². The molecule has 0 spiro atoms. The number of rotatable bonds is 10. The zero-order valence-corrected chi connectivity index (χ0v) is 18.7. The van der Waals surface area contributed by atoms with E-state index in [9.17, 15) is 0 Å². The first-order chi connectivity index (χ1) is 13.8. The van der Waals surface area contributed by atoms with Crippen LogP contribution in [0.3, 0.4) is 0 Å². The average molecular weight is 385 g/mol. The van der Waals surface area contributed by atoms with Crippen LogP contribution in [0.15, 0.2) is 12.4 Å². The lowest BCUT2D eigenvalue weighted by molar-refractivity contribution is 0.295. The summed E-state index contributed by atoms with van der Waals surface area (Å²) in [4.78, 5) is 9.69. The van der Waals surface area contributed by atoms with Gasteiger partial charge in [0.1, 0.15) is 5.82 Å². The Bertz CT molecular complexity index is 522. The molecule has 0 aliphatic heterocycles. The summed E-state index contributed by atoms with van der Waals surface area (Å²) in [6, 6.07) is 0. The highest BCUT2D eigenvalue weighted by Gasteiger charge is 2.25. The Labute approximate surface area is 174 Å². The van der Waals surface area contributed by atoms with Crippen molar-refractivity contribution in [1.29, 1.82) is 0 Å². The van der Waals surface area contributed by atoms with Gasteiger partial charge in [0, 0.05) is 18.3 Å². The number of unbranched alkanes of at least 4 members (excludes halogenated alkanes) is 4. The Morgan fingerprint density at radius 3 is 1.82 bits per heavy atom. The van der Waals surface area contributed by atoms with E-state index in [1.54, 1.807) is 0 Å². The highest BCUT2D eigenvalue weighted by atomic mass is 14.9. The van der Waals surface area contributed by atoms with Gasteiger partial charge in [0.25, 0.3) is 0 Å². The Morgan fingerprint density at radius 2 is 1.21 bits per heavy atom. The molecular formula is C26H44N2. The lowest BCUT2D eigenvalue weighted by Crippen LogP contribution is -2.17. The second-order valence-corrected chi connectivity index (χ2v) is 9.80. The van der Waals surface area contributed by atoms with Crippen molar-refractivity contribution >= 4 is 0 Å². The van der Waals surface area contributed by atoms with E-state index in [1.165, 1.54) is 108 Å². The molecule has 2 aliphatic rings. The van der Waals surface area contributed by atoms with Crippen molar-refractivity contribution < 1.29 is 0 Å². The Morgan fingerprint density at radius 1 is 0.643 bits per heavy atom. The molecule has 0 aromatic carbocycles. The second kappa shape index (κ2) is 11.9. The summed E-state index contributed by atoms with van der Waals surface area (Å²) in [5, 5.41) is 0. The van der Waals surface area contributed by atoms with Gasteiger partial charge in [-0.3, -0.25) is 0 Å². The summed E-state index contributed by atoms with van der Waals surface area (Å²) < 4.78 is 0. The Hall–Kier alpha value is -0.920. The molecule has 0 atom stereocenters. The predicted molar refractivity (Wildman–Crippen MR) is 120 cm³/mol. The van der Waals surface area contributed by atoms with Crippen LogP contribution < -0.4 is 0 Å². The van der Waals surface area contributed by atoms with Crippen molar-refractivity contribution in [3.8, 4) is 0 Å². The molecule has 1 aromatic rings. The molecule has 0 amide bonds. The van der Waals surface area contributed by atoms with Crippen LogP contribution >= 0.6 is 0 Å². The molecule has 2 fully saturated rings. The molecule has 0 bridgehead atoms. The van der Waals surface area contributed by atoms with Gasteiger partial charge in [-0.2, -0.15) is 0 Å². The van der Waals surface area contributed by atoms with Gasteiger partial charge in [-0.25, -0.2) is 9.97 Å². The summed E-state index contributed by atoms with van der Waals surface area (Å²) >= 11 is 0. The third-order valence-corrected chi connectivity index (χ3v) is 7.63. The van der Waals surface area contributed by atoms with Crippen LogP contribution in [-0.2, 0) is 0 Å². The zero-order valence-electron chi connectivity index (χ0n) is 18.7. The van der Waals surface area contributed by atoms with Crippen LogP contribution in [0, 0.1) is 11.8 Å². The molecular weight excluding hydrogens is 340 g/mol. The molecule has 0 saturated heterocycles. The maximum atomic E-state index is 4.84. The molecule has 0 unspecified atom stereocenters. The van der Waals surface area contributed by atoms with E-state index in [-0.39, 0.29) is 0 Å². The number of aromatic nitrogens is 2. The molecule has 0 N–H and O–H groups in total. The molecule has 2 aliphatic carbocycles. The summed E-state index contributed by atoms with van der Waals surface area (Å²) in [6.07, 6.45) is 26.6. The van der Waals surface area contributed by atoms with Crippen molar-refractivity contribution in [2.24, 2.45) is 11.8 Å². The second-order valence-electron chi connectivity index (χ2n) is 9.80. The Kier molecular flexibility index (Phi) is 9.28. The van der Waals surface area contributed by atoms with Crippen LogP contribution in [0.2, 0.25) is 0 Å². The third-order valence-electron chi connectivity index (χ3n) is 7.63. The smallest absolute Gasteiger partial charge is 0.131 e. The standard InChI is InChI=1S/C26H44N2/c1-3-5-6-7-8-10-22-13-17-24(18-14-22)26-27-19-25(20-28-26)23-15-11-21(9-4-2)12-16-23/h19-24H,3-18H2,1-2H3/t21-,22-,23-,24-. The first-order valence-electron chi connectivity index (χ1n) is 12.6. The molecule has 0 radical (unpaired) electrons. The highest BCUT2D eigenvalue weighted by Crippen LogP contribution is 2.39. The van der Waals surface area contributed by atoms with Gasteiger partial charge in [-0.1, -0.05) is 65.2 Å². The highest BCUT2D eigenvalue weighted by molar-refractivity contribution is 5.14. The first kappa shape index (κ1) is 21.8. The minimum Gasteiger partial charge on any atom is -0.241 e. The molecule has 1 heterocycles. The lowest BCUT2D eigenvalue weighted by atomic mass is 9.77. The van der Waals surface area contributed by atoms with Crippen LogP contribution in [-0.4, -0.2) is 9.97 Å². The van der Waals surface area contributed by atoms with Crippen molar-refractivity contribution in [2.75, 3.05) is 0 Å². The first-order valence-corrected chi connectivity index (χ1v) is 12.6. The van der Waals surface area contributed by atoms with Crippen LogP contribution in [0.4, 0.5) is 0 Å². The monoisotopic (exact) mass is 384 g/mol. The molecule has 1 aromatic heterocycles. The fourth-order valence-corrected chi connectivity index (χ4v) is 5.71. The van der Waals surface area contributed by atoms with Crippen LogP contribution in [0.5, 0.6) is 0 Å².